The molecule has 1 aromatic carbocycles. The Balaban J connectivity index is 1.50. The van der Waals surface area contributed by atoms with Crippen LogP contribution in [0.5, 0.6) is 0 Å². The molecule has 4 rings (SSSR count). The number of benzene rings is 1. The largest absolute Gasteiger partial charge is 0.338 e. The lowest BCUT2D eigenvalue weighted by atomic mass is 10.0. The highest BCUT2D eigenvalue weighted by molar-refractivity contribution is 9.10. The predicted molar refractivity (Wildman–Crippen MR) is 113 cm³/mol. The number of nitrogens with zero attached hydrogens (tertiary/aromatic N) is 3. The molecule has 0 saturated carbocycles. The van der Waals surface area contributed by atoms with E-state index in [2.05, 4.69) is 56.3 Å². The maximum Gasteiger partial charge on any atom is 0.255 e. The Labute approximate surface area is 170 Å². The van der Waals surface area contributed by atoms with Crippen molar-refractivity contribution in [1.82, 2.24) is 14.4 Å². The Hall–Kier alpha value is -1.59. The average Bonchev–Trinajstić information content (AvgIpc) is 3.30. The molecule has 5 heteroatoms. The topological polar surface area (TPSA) is 28.5 Å². The van der Waals surface area contributed by atoms with Gasteiger partial charge in [0, 0.05) is 40.7 Å². The first-order chi connectivity index (χ1) is 13.0. The molecule has 0 bridgehead atoms. The molecule has 144 valence electrons. The number of rotatable bonds is 3. The number of carbonyl (C=O) groups excluding carboxylic acids is 1. The Morgan fingerprint density at radius 1 is 1.04 bits per heavy atom. The molecule has 4 nitrogen and oxygen atoms in total. The first kappa shape index (κ1) is 18.8. The van der Waals surface area contributed by atoms with Crippen molar-refractivity contribution in [3.05, 3.63) is 51.8 Å². The van der Waals surface area contributed by atoms with Crippen LogP contribution in [0, 0.1) is 13.8 Å². The average molecular weight is 430 g/mol. The molecule has 1 aromatic heterocycles. The number of piperidine rings is 1. The fourth-order valence-electron chi connectivity index (χ4n) is 4.70. The zero-order valence-electron chi connectivity index (χ0n) is 16.2. The van der Waals surface area contributed by atoms with E-state index in [9.17, 15) is 4.79 Å². The predicted octanol–water partition coefficient (Wildman–Crippen LogP) is 4.56. The van der Waals surface area contributed by atoms with Gasteiger partial charge in [-0.05, 0) is 76.9 Å². The van der Waals surface area contributed by atoms with Gasteiger partial charge in [0.2, 0.25) is 0 Å². The maximum absolute atomic E-state index is 13.2. The molecule has 0 spiro atoms. The summed E-state index contributed by atoms with van der Waals surface area (Å²) in [6.45, 7) is 8.36. The number of hydrogen-bond acceptors (Lipinski definition) is 2. The van der Waals surface area contributed by atoms with Gasteiger partial charge in [-0.3, -0.25) is 4.79 Å². The van der Waals surface area contributed by atoms with E-state index >= 15 is 0 Å². The molecular formula is C22H28BrN3O. The monoisotopic (exact) mass is 429 g/mol. The van der Waals surface area contributed by atoms with E-state index in [4.69, 9.17) is 0 Å². The molecule has 0 radical (unpaired) electrons. The van der Waals surface area contributed by atoms with Gasteiger partial charge in [-0.15, -0.1) is 0 Å². The zero-order valence-corrected chi connectivity index (χ0v) is 17.8. The van der Waals surface area contributed by atoms with E-state index in [1.165, 1.54) is 25.9 Å². The number of aromatic nitrogens is 1. The van der Waals surface area contributed by atoms with Crippen molar-refractivity contribution < 1.29 is 4.79 Å². The minimum absolute atomic E-state index is 0.184. The Morgan fingerprint density at radius 3 is 2.41 bits per heavy atom. The van der Waals surface area contributed by atoms with Gasteiger partial charge >= 0.3 is 0 Å². The van der Waals surface area contributed by atoms with Crippen molar-refractivity contribution in [3.63, 3.8) is 0 Å². The van der Waals surface area contributed by atoms with E-state index in [1.54, 1.807) is 0 Å². The molecule has 0 atom stereocenters. The van der Waals surface area contributed by atoms with E-state index in [0.29, 0.717) is 6.04 Å². The minimum Gasteiger partial charge on any atom is -0.338 e. The summed E-state index contributed by atoms with van der Waals surface area (Å²) in [4.78, 5) is 17.9. The van der Waals surface area contributed by atoms with Crippen LogP contribution in [0.1, 0.15) is 47.4 Å². The minimum atomic E-state index is 0.184. The molecule has 0 N–H and O–H groups in total. The molecule has 3 heterocycles. The van der Waals surface area contributed by atoms with Crippen LogP contribution in [0.2, 0.25) is 0 Å². The second-order valence-electron chi connectivity index (χ2n) is 7.87. The number of amides is 1. The number of hydrogen-bond donors (Lipinski definition) is 0. The third-order valence-corrected chi connectivity index (χ3v) is 6.63. The summed E-state index contributed by atoms with van der Waals surface area (Å²) in [5, 5.41) is 0. The summed E-state index contributed by atoms with van der Waals surface area (Å²) in [6.07, 6.45) is 4.88. The van der Waals surface area contributed by atoms with Crippen LogP contribution in [-0.2, 0) is 0 Å². The van der Waals surface area contributed by atoms with Gasteiger partial charge in [0.25, 0.3) is 5.91 Å². The SMILES string of the molecule is Cc1cc(C(=O)N2CCC(N3CCCC3)CC2)c(C)n1-c1cccc(Br)c1. The number of carbonyl (C=O) groups is 1. The van der Waals surface area contributed by atoms with E-state index in [-0.39, 0.29) is 5.91 Å². The molecule has 2 saturated heterocycles. The third kappa shape index (κ3) is 3.72. The highest BCUT2D eigenvalue weighted by atomic mass is 79.9. The summed E-state index contributed by atoms with van der Waals surface area (Å²) in [5.41, 5.74) is 4.05. The van der Waals surface area contributed by atoms with Crippen LogP contribution in [0.15, 0.2) is 34.8 Å². The van der Waals surface area contributed by atoms with Gasteiger partial charge in [0.1, 0.15) is 0 Å². The van der Waals surface area contributed by atoms with Gasteiger partial charge in [-0.25, -0.2) is 0 Å². The molecular weight excluding hydrogens is 402 g/mol. The van der Waals surface area contributed by atoms with E-state index < -0.39 is 0 Å². The molecule has 0 unspecified atom stereocenters. The lowest BCUT2D eigenvalue weighted by Crippen LogP contribution is -2.46. The zero-order chi connectivity index (χ0) is 19.0. The highest BCUT2D eigenvalue weighted by Gasteiger charge is 2.30. The highest BCUT2D eigenvalue weighted by Crippen LogP contribution is 2.26. The van der Waals surface area contributed by atoms with Crippen molar-refractivity contribution in [3.8, 4) is 5.69 Å². The van der Waals surface area contributed by atoms with Crippen molar-refractivity contribution in [2.75, 3.05) is 26.2 Å². The number of halogens is 1. The van der Waals surface area contributed by atoms with Crippen LogP contribution in [0.3, 0.4) is 0 Å². The molecule has 1 amide bonds. The lowest BCUT2D eigenvalue weighted by Gasteiger charge is -2.36. The van der Waals surface area contributed by atoms with Gasteiger partial charge in [0.05, 0.1) is 5.56 Å². The van der Waals surface area contributed by atoms with Crippen molar-refractivity contribution in [1.29, 1.82) is 0 Å². The number of aryl methyl sites for hydroxylation is 1. The maximum atomic E-state index is 13.2. The molecule has 2 aliphatic heterocycles. The van der Waals surface area contributed by atoms with Crippen LogP contribution in [0.25, 0.3) is 5.69 Å². The Morgan fingerprint density at radius 2 is 1.74 bits per heavy atom. The summed E-state index contributed by atoms with van der Waals surface area (Å²) < 4.78 is 3.22. The molecule has 27 heavy (non-hydrogen) atoms. The van der Waals surface area contributed by atoms with Crippen molar-refractivity contribution in [2.24, 2.45) is 0 Å². The third-order valence-electron chi connectivity index (χ3n) is 6.14. The Bertz CT molecular complexity index is 830. The van der Waals surface area contributed by atoms with E-state index in [1.807, 2.05) is 18.2 Å². The van der Waals surface area contributed by atoms with Crippen LogP contribution in [-0.4, -0.2) is 52.5 Å². The molecule has 2 aromatic rings. The van der Waals surface area contributed by atoms with Gasteiger partial charge in [-0.2, -0.15) is 0 Å². The second-order valence-corrected chi connectivity index (χ2v) is 8.78. The molecule has 2 aliphatic rings. The quantitative estimate of drug-likeness (QED) is 0.715. The van der Waals surface area contributed by atoms with E-state index in [0.717, 1.165) is 53.0 Å². The Kier molecular flexibility index (Phi) is 5.42. The lowest BCUT2D eigenvalue weighted by molar-refractivity contribution is 0.0644. The van der Waals surface area contributed by atoms with Crippen LogP contribution in [0.4, 0.5) is 0 Å². The molecule has 0 aliphatic carbocycles. The summed E-state index contributed by atoms with van der Waals surface area (Å²) in [7, 11) is 0. The smallest absolute Gasteiger partial charge is 0.255 e. The normalized spacial score (nSPS) is 19.0. The second kappa shape index (κ2) is 7.80. The summed E-state index contributed by atoms with van der Waals surface area (Å²) >= 11 is 3.55. The fourth-order valence-corrected chi connectivity index (χ4v) is 5.09. The summed E-state index contributed by atoms with van der Waals surface area (Å²) in [6, 6.07) is 10.9. The number of likely N-dealkylation sites (tertiary alicyclic amines) is 2. The standard InChI is InChI=1S/C22H28BrN3O/c1-16-14-21(17(2)26(16)20-7-5-6-18(23)15-20)22(27)25-12-8-19(9-13-25)24-10-3-4-11-24/h5-7,14-15,19H,3-4,8-13H2,1-2H3. The van der Waals surface area contributed by atoms with Crippen molar-refractivity contribution in [2.45, 2.75) is 45.6 Å². The first-order valence-electron chi connectivity index (χ1n) is 10.0. The first-order valence-corrected chi connectivity index (χ1v) is 10.8. The van der Waals surface area contributed by atoms with Gasteiger partial charge in [-0.1, -0.05) is 22.0 Å². The van der Waals surface area contributed by atoms with Crippen LogP contribution >= 0.6 is 15.9 Å². The van der Waals surface area contributed by atoms with Gasteiger partial charge < -0.3 is 14.4 Å². The van der Waals surface area contributed by atoms with Gasteiger partial charge in [0.15, 0.2) is 0 Å². The van der Waals surface area contributed by atoms with Crippen molar-refractivity contribution >= 4 is 21.8 Å². The fraction of sp³-hybridized carbons (Fsp3) is 0.500. The summed E-state index contributed by atoms with van der Waals surface area (Å²) in [5.74, 6) is 0.184. The van der Waals surface area contributed by atoms with Crippen LogP contribution < -0.4 is 0 Å². The molecule has 2 fully saturated rings.